The maximum Gasteiger partial charge on any atom is 0.134 e. The molecule has 0 aliphatic heterocycles. The molecule has 0 radical (unpaired) electrons. The molecule has 1 heteroatoms. The lowest BCUT2D eigenvalue weighted by Crippen LogP contribution is -2.20. The van der Waals surface area contributed by atoms with Gasteiger partial charge in [-0.1, -0.05) is 69.4 Å². The molecular formula is C23H26O. The van der Waals surface area contributed by atoms with Gasteiger partial charge in [0.05, 0.1) is 0 Å². The normalized spacial score (nSPS) is 25.9. The molecule has 24 heavy (non-hydrogen) atoms. The van der Waals surface area contributed by atoms with Gasteiger partial charge in [0.2, 0.25) is 0 Å². The van der Waals surface area contributed by atoms with Crippen LogP contribution in [0.25, 0.3) is 17.0 Å². The van der Waals surface area contributed by atoms with Crippen LogP contribution in [0.1, 0.15) is 51.4 Å². The summed E-state index contributed by atoms with van der Waals surface area (Å²) < 4.78 is 6.23. The number of hydrogen-bond donors (Lipinski definition) is 0. The van der Waals surface area contributed by atoms with Gasteiger partial charge < -0.3 is 4.42 Å². The fourth-order valence-electron chi connectivity index (χ4n) is 4.00. The molecule has 4 rings (SSSR count). The van der Waals surface area contributed by atoms with E-state index in [2.05, 4.69) is 69.4 Å². The molecule has 1 atom stereocenters. The van der Waals surface area contributed by atoms with Crippen LogP contribution in [0.15, 0.2) is 58.6 Å². The van der Waals surface area contributed by atoms with Crippen molar-refractivity contribution in [2.75, 3.05) is 0 Å². The van der Waals surface area contributed by atoms with Gasteiger partial charge in [0.25, 0.3) is 0 Å². The Balaban J connectivity index is 1.75. The molecule has 1 unspecified atom stereocenters. The molecule has 2 aromatic rings. The Morgan fingerprint density at radius 2 is 1.71 bits per heavy atom. The van der Waals surface area contributed by atoms with Gasteiger partial charge in [-0.15, -0.1) is 0 Å². The molecule has 0 N–H and O–H groups in total. The van der Waals surface area contributed by atoms with E-state index in [9.17, 15) is 0 Å². The summed E-state index contributed by atoms with van der Waals surface area (Å²) in [6.07, 6.45) is 16.1. The summed E-state index contributed by atoms with van der Waals surface area (Å²) in [4.78, 5) is 0. The summed E-state index contributed by atoms with van der Waals surface area (Å²) in [6.45, 7) is 7.08. The van der Waals surface area contributed by atoms with Crippen LogP contribution in [0.2, 0.25) is 0 Å². The summed E-state index contributed by atoms with van der Waals surface area (Å²) in [6, 6.07) is 8.38. The van der Waals surface area contributed by atoms with Gasteiger partial charge in [0.1, 0.15) is 11.3 Å². The molecule has 0 saturated carbocycles. The number of fused-ring (bicyclic) bond motifs is 3. The van der Waals surface area contributed by atoms with Crippen molar-refractivity contribution in [3.8, 4) is 0 Å². The zero-order valence-electron chi connectivity index (χ0n) is 14.9. The van der Waals surface area contributed by atoms with Gasteiger partial charge in [0, 0.05) is 22.8 Å². The van der Waals surface area contributed by atoms with E-state index in [4.69, 9.17) is 4.42 Å². The van der Waals surface area contributed by atoms with E-state index >= 15 is 0 Å². The molecule has 0 saturated heterocycles. The van der Waals surface area contributed by atoms with Crippen molar-refractivity contribution in [2.45, 2.75) is 46.5 Å². The summed E-state index contributed by atoms with van der Waals surface area (Å²) in [5, 5.41) is 1.24. The third kappa shape index (κ3) is 2.66. The first kappa shape index (κ1) is 15.5. The highest BCUT2D eigenvalue weighted by atomic mass is 16.3. The second-order valence-corrected chi connectivity index (χ2v) is 8.41. The van der Waals surface area contributed by atoms with E-state index < -0.39 is 0 Å². The fraction of sp³-hybridized carbons (Fsp3) is 0.391. The van der Waals surface area contributed by atoms with E-state index in [1.807, 2.05) is 6.07 Å². The number of allylic oxidation sites excluding steroid dienone is 5. The van der Waals surface area contributed by atoms with Crippen LogP contribution < -0.4 is 0 Å². The first-order chi connectivity index (χ1) is 11.5. The van der Waals surface area contributed by atoms with Crippen LogP contribution in [0, 0.1) is 10.8 Å². The monoisotopic (exact) mass is 318 g/mol. The van der Waals surface area contributed by atoms with Gasteiger partial charge in [-0.05, 0) is 36.3 Å². The lowest BCUT2D eigenvalue weighted by Gasteiger charge is -2.29. The van der Waals surface area contributed by atoms with E-state index in [1.165, 1.54) is 16.5 Å². The van der Waals surface area contributed by atoms with Gasteiger partial charge in [0.15, 0.2) is 0 Å². The summed E-state index contributed by atoms with van der Waals surface area (Å²) in [7, 11) is 0. The van der Waals surface area contributed by atoms with Crippen LogP contribution in [0.5, 0.6) is 0 Å². The van der Waals surface area contributed by atoms with Crippen LogP contribution in [-0.2, 0) is 6.42 Å². The quantitative estimate of drug-likeness (QED) is 0.570. The molecule has 0 bridgehead atoms. The maximum absolute atomic E-state index is 6.23. The molecule has 1 nitrogen and oxygen atoms in total. The molecular weight excluding hydrogens is 292 g/mol. The number of rotatable bonds is 1. The minimum atomic E-state index is 0.104. The second kappa shape index (κ2) is 5.51. The van der Waals surface area contributed by atoms with Crippen molar-refractivity contribution < 1.29 is 4.42 Å². The van der Waals surface area contributed by atoms with Crippen LogP contribution in [0.3, 0.4) is 0 Å². The SMILES string of the molecule is CC1(C)CC=CC(C2(C)CC=Cc3c(oc4ccccc34)C2)=CC1. The smallest absolute Gasteiger partial charge is 0.134 e. The first-order valence-corrected chi connectivity index (χ1v) is 9.01. The third-order valence-corrected chi connectivity index (χ3v) is 5.65. The Morgan fingerprint density at radius 1 is 0.917 bits per heavy atom. The van der Waals surface area contributed by atoms with Crippen molar-refractivity contribution in [1.29, 1.82) is 0 Å². The highest BCUT2D eigenvalue weighted by Crippen LogP contribution is 2.44. The van der Waals surface area contributed by atoms with E-state index in [0.717, 1.165) is 37.0 Å². The summed E-state index contributed by atoms with van der Waals surface area (Å²) in [5.74, 6) is 1.13. The Kier molecular flexibility index (Phi) is 3.56. The van der Waals surface area contributed by atoms with E-state index in [0.29, 0.717) is 5.41 Å². The summed E-state index contributed by atoms with van der Waals surface area (Å²) >= 11 is 0. The Labute approximate surface area is 144 Å². The van der Waals surface area contributed by atoms with Gasteiger partial charge in [-0.3, -0.25) is 0 Å². The Hall–Kier alpha value is -2.02. The average molecular weight is 318 g/mol. The van der Waals surface area contributed by atoms with Crippen LogP contribution >= 0.6 is 0 Å². The maximum atomic E-state index is 6.23. The number of furan rings is 1. The highest BCUT2D eigenvalue weighted by molar-refractivity contribution is 5.88. The molecule has 0 spiro atoms. The number of benzene rings is 1. The lowest BCUT2D eigenvalue weighted by molar-refractivity contribution is 0.363. The average Bonchev–Trinajstić information content (AvgIpc) is 2.67. The summed E-state index contributed by atoms with van der Waals surface area (Å²) in [5.41, 5.74) is 4.20. The minimum absolute atomic E-state index is 0.104. The van der Waals surface area contributed by atoms with Gasteiger partial charge in [-0.25, -0.2) is 0 Å². The Morgan fingerprint density at radius 3 is 2.58 bits per heavy atom. The van der Waals surface area contributed by atoms with Gasteiger partial charge in [-0.2, -0.15) is 0 Å². The minimum Gasteiger partial charge on any atom is -0.460 e. The zero-order valence-corrected chi connectivity index (χ0v) is 14.9. The second-order valence-electron chi connectivity index (χ2n) is 8.41. The number of para-hydroxylation sites is 1. The first-order valence-electron chi connectivity index (χ1n) is 9.01. The van der Waals surface area contributed by atoms with Crippen molar-refractivity contribution in [3.63, 3.8) is 0 Å². The lowest BCUT2D eigenvalue weighted by atomic mass is 9.75. The zero-order chi connectivity index (χ0) is 16.8. The van der Waals surface area contributed by atoms with Crippen molar-refractivity contribution in [1.82, 2.24) is 0 Å². The van der Waals surface area contributed by atoms with Crippen LogP contribution in [-0.4, -0.2) is 0 Å². The molecule has 2 aliphatic rings. The topological polar surface area (TPSA) is 13.1 Å². The predicted octanol–water partition coefficient (Wildman–Crippen LogP) is 6.70. The molecule has 2 aliphatic carbocycles. The predicted molar refractivity (Wildman–Crippen MR) is 102 cm³/mol. The van der Waals surface area contributed by atoms with E-state index in [1.54, 1.807) is 0 Å². The molecule has 124 valence electrons. The molecule has 0 fully saturated rings. The van der Waals surface area contributed by atoms with Crippen molar-refractivity contribution >= 4 is 17.0 Å². The molecule has 1 aromatic heterocycles. The molecule has 1 heterocycles. The Bertz CT molecular complexity index is 859. The number of hydrogen-bond acceptors (Lipinski definition) is 1. The standard InChI is InChI=1S/C23H26O/c1-22(2)13-6-8-17(12-15-22)23(3)14-7-10-19-18-9-4-5-11-20(18)24-21(19)16-23/h4-12H,13-16H2,1-3H3. The highest BCUT2D eigenvalue weighted by Gasteiger charge is 2.32. The molecule has 1 aromatic carbocycles. The van der Waals surface area contributed by atoms with Crippen molar-refractivity contribution in [2.24, 2.45) is 10.8 Å². The largest absolute Gasteiger partial charge is 0.460 e. The fourth-order valence-corrected chi connectivity index (χ4v) is 4.00. The van der Waals surface area contributed by atoms with E-state index in [-0.39, 0.29) is 5.41 Å². The molecule has 0 amide bonds. The van der Waals surface area contributed by atoms with Crippen LogP contribution in [0.4, 0.5) is 0 Å². The van der Waals surface area contributed by atoms with Crippen molar-refractivity contribution in [3.05, 3.63) is 65.5 Å². The third-order valence-electron chi connectivity index (χ3n) is 5.65. The van der Waals surface area contributed by atoms with Gasteiger partial charge >= 0.3 is 0 Å².